The van der Waals surface area contributed by atoms with E-state index in [2.05, 4.69) is 16.3 Å². The maximum Gasteiger partial charge on any atom is 0.306 e. The molecular formula is C25H24FN3O3. The summed E-state index contributed by atoms with van der Waals surface area (Å²) >= 11 is 0. The van der Waals surface area contributed by atoms with Crippen LogP contribution < -0.4 is 0 Å². The number of hydrogen-bond donors (Lipinski definition) is 2. The molecule has 0 saturated carbocycles. The topological polar surface area (TPSA) is 88.1 Å². The second kappa shape index (κ2) is 8.31. The van der Waals surface area contributed by atoms with Gasteiger partial charge in [0.2, 0.25) is 0 Å². The number of pyridine rings is 1. The van der Waals surface area contributed by atoms with E-state index in [1.165, 1.54) is 12.1 Å². The molecule has 1 aliphatic heterocycles. The summed E-state index contributed by atoms with van der Waals surface area (Å²) in [6.07, 6.45) is 3.78. The number of carboxylic acid groups (broad SMARTS) is 1. The Kier molecular flexibility index (Phi) is 5.35. The molecule has 1 saturated heterocycles. The Morgan fingerprint density at radius 1 is 1.22 bits per heavy atom. The van der Waals surface area contributed by atoms with Crippen LogP contribution in [0.25, 0.3) is 32.8 Å². The third-order valence-corrected chi connectivity index (χ3v) is 6.33. The van der Waals surface area contributed by atoms with Gasteiger partial charge in [-0.3, -0.25) is 14.9 Å². The van der Waals surface area contributed by atoms with Crippen molar-refractivity contribution in [2.45, 2.75) is 32.1 Å². The van der Waals surface area contributed by atoms with E-state index in [4.69, 9.17) is 9.72 Å². The Hall–Kier alpha value is -3.32. The zero-order chi connectivity index (χ0) is 22.2. The fourth-order valence-corrected chi connectivity index (χ4v) is 4.56. The highest BCUT2D eigenvalue weighted by Crippen LogP contribution is 2.41. The van der Waals surface area contributed by atoms with E-state index in [0.29, 0.717) is 19.6 Å². The van der Waals surface area contributed by atoms with E-state index in [1.54, 1.807) is 25.3 Å². The Balaban J connectivity index is 1.82. The zero-order valence-electron chi connectivity index (χ0n) is 17.8. The third kappa shape index (κ3) is 3.73. The van der Waals surface area contributed by atoms with Gasteiger partial charge in [0.1, 0.15) is 5.82 Å². The summed E-state index contributed by atoms with van der Waals surface area (Å²) in [5, 5.41) is 19.5. The smallest absolute Gasteiger partial charge is 0.306 e. The van der Waals surface area contributed by atoms with Gasteiger partial charge in [0.15, 0.2) is 0 Å². The molecule has 7 heteroatoms. The van der Waals surface area contributed by atoms with Crippen LogP contribution in [-0.2, 0) is 16.0 Å². The first kappa shape index (κ1) is 20.6. The van der Waals surface area contributed by atoms with Crippen LogP contribution in [0.4, 0.5) is 4.39 Å². The summed E-state index contributed by atoms with van der Waals surface area (Å²) in [5.41, 5.74) is 4.43. The molecule has 2 aromatic heterocycles. The van der Waals surface area contributed by atoms with Gasteiger partial charge in [-0.2, -0.15) is 5.10 Å². The second-order valence-corrected chi connectivity index (χ2v) is 8.51. The molecule has 4 aromatic rings. The second-order valence-electron chi connectivity index (χ2n) is 8.51. The number of fused-ring (bicyclic) bond motifs is 2. The van der Waals surface area contributed by atoms with Crippen LogP contribution in [0.3, 0.4) is 0 Å². The molecule has 1 atom stereocenters. The fraction of sp³-hybridized carbons (Fsp3) is 0.320. The summed E-state index contributed by atoms with van der Waals surface area (Å²) in [4.78, 5) is 16.7. The predicted molar refractivity (Wildman–Crippen MR) is 120 cm³/mol. The van der Waals surface area contributed by atoms with Gasteiger partial charge in [-0.15, -0.1) is 0 Å². The molecule has 5 rings (SSSR count). The van der Waals surface area contributed by atoms with Gasteiger partial charge in [-0.1, -0.05) is 19.1 Å². The molecular weight excluding hydrogens is 409 g/mol. The zero-order valence-corrected chi connectivity index (χ0v) is 17.8. The molecule has 0 aliphatic carbocycles. The number of halogens is 1. The highest BCUT2D eigenvalue weighted by molar-refractivity contribution is 6.05. The molecule has 2 N–H and O–H groups in total. The van der Waals surface area contributed by atoms with Crippen molar-refractivity contribution in [1.82, 2.24) is 15.2 Å². The monoisotopic (exact) mass is 433 g/mol. The van der Waals surface area contributed by atoms with Crippen molar-refractivity contribution in [1.29, 1.82) is 0 Å². The van der Waals surface area contributed by atoms with Crippen LogP contribution >= 0.6 is 0 Å². The number of aromatic amines is 1. The highest BCUT2D eigenvalue weighted by Gasteiger charge is 2.26. The van der Waals surface area contributed by atoms with Gasteiger partial charge in [-0.05, 0) is 48.1 Å². The normalized spacial score (nSPS) is 15.9. The molecule has 164 valence electrons. The quantitative estimate of drug-likeness (QED) is 0.459. The number of ether oxygens (including phenoxy) is 1. The molecule has 0 unspecified atom stereocenters. The van der Waals surface area contributed by atoms with Crippen LogP contribution in [-0.4, -0.2) is 39.5 Å². The number of benzene rings is 2. The lowest BCUT2D eigenvalue weighted by molar-refractivity contribution is -0.141. The van der Waals surface area contributed by atoms with Crippen LogP contribution in [0.2, 0.25) is 0 Å². The van der Waals surface area contributed by atoms with E-state index in [-0.39, 0.29) is 11.7 Å². The van der Waals surface area contributed by atoms with Crippen molar-refractivity contribution < 1.29 is 19.0 Å². The van der Waals surface area contributed by atoms with Gasteiger partial charge < -0.3 is 9.84 Å². The largest absolute Gasteiger partial charge is 0.481 e. The lowest BCUT2D eigenvalue weighted by Crippen LogP contribution is -2.18. The maximum absolute atomic E-state index is 13.7. The average Bonchev–Trinajstić information content (AvgIpc) is 3.26. The summed E-state index contributed by atoms with van der Waals surface area (Å²) in [5.74, 6) is -1.52. The van der Waals surface area contributed by atoms with E-state index in [0.717, 1.165) is 57.0 Å². The minimum Gasteiger partial charge on any atom is -0.481 e. The number of nitrogens with one attached hydrogen (secondary N) is 1. The first-order chi connectivity index (χ1) is 15.5. The third-order valence-electron chi connectivity index (χ3n) is 6.33. The van der Waals surface area contributed by atoms with Gasteiger partial charge >= 0.3 is 5.97 Å². The Morgan fingerprint density at radius 3 is 2.69 bits per heavy atom. The van der Waals surface area contributed by atoms with Crippen LogP contribution in [0.1, 0.15) is 37.1 Å². The molecule has 1 fully saturated rings. The molecule has 6 nitrogen and oxygen atoms in total. The summed E-state index contributed by atoms with van der Waals surface area (Å²) < 4.78 is 19.3. The van der Waals surface area contributed by atoms with Crippen molar-refractivity contribution in [3.05, 3.63) is 59.8 Å². The van der Waals surface area contributed by atoms with Crippen molar-refractivity contribution in [2.75, 3.05) is 13.2 Å². The summed E-state index contributed by atoms with van der Waals surface area (Å²) in [6, 6.07) is 10.6. The molecule has 0 radical (unpaired) electrons. The van der Waals surface area contributed by atoms with Crippen molar-refractivity contribution >= 4 is 27.6 Å². The SMILES string of the molecule is C[C@H](Cc1nc(C2CCOCC2)c(-c2ccc(F)cc2)c2cc3cn[nH]c3cc12)C(=O)O. The van der Waals surface area contributed by atoms with Gasteiger partial charge in [0.25, 0.3) is 0 Å². The molecule has 0 amide bonds. The van der Waals surface area contributed by atoms with E-state index in [9.17, 15) is 14.3 Å². The van der Waals surface area contributed by atoms with Crippen molar-refractivity contribution in [3.63, 3.8) is 0 Å². The number of nitrogens with zero attached hydrogens (tertiary/aromatic N) is 2. The Bertz CT molecular complexity index is 1290. The fourth-order valence-electron chi connectivity index (χ4n) is 4.56. The van der Waals surface area contributed by atoms with E-state index >= 15 is 0 Å². The predicted octanol–water partition coefficient (Wildman–Crippen LogP) is 5.07. The lowest BCUT2D eigenvalue weighted by Gasteiger charge is -2.26. The number of aliphatic carboxylic acids is 1. The number of rotatable bonds is 5. The van der Waals surface area contributed by atoms with Gasteiger partial charge in [0.05, 0.1) is 23.3 Å². The number of carbonyl (C=O) groups is 1. The molecule has 32 heavy (non-hydrogen) atoms. The molecule has 3 heterocycles. The van der Waals surface area contributed by atoms with Gasteiger partial charge in [-0.25, -0.2) is 4.39 Å². The van der Waals surface area contributed by atoms with E-state index in [1.807, 2.05) is 6.07 Å². The van der Waals surface area contributed by atoms with Crippen molar-refractivity contribution in [3.8, 4) is 11.1 Å². The van der Waals surface area contributed by atoms with Crippen LogP contribution in [0, 0.1) is 11.7 Å². The van der Waals surface area contributed by atoms with Gasteiger partial charge in [0, 0.05) is 47.6 Å². The summed E-state index contributed by atoms with van der Waals surface area (Å²) in [7, 11) is 0. The molecule has 0 bridgehead atoms. The van der Waals surface area contributed by atoms with E-state index < -0.39 is 11.9 Å². The Morgan fingerprint density at radius 2 is 1.97 bits per heavy atom. The average molecular weight is 433 g/mol. The van der Waals surface area contributed by atoms with Crippen LogP contribution in [0.5, 0.6) is 0 Å². The number of hydrogen-bond acceptors (Lipinski definition) is 4. The minimum atomic E-state index is -0.849. The highest BCUT2D eigenvalue weighted by atomic mass is 19.1. The molecule has 0 spiro atoms. The summed E-state index contributed by atoms with van der Waals surface area (Å²) in [6.45, 7) is 3.02. The number of carboxylic acids is 1. The Labute approximate surface area is 184 Å². The minimum absolute atomic E-state index is 0.187. The van der Waals surface area contributed by atoms with Crippen molar-refractivity contribution in [2.24, 2.45) is 5.92 Å². The maximum atomic E-state index is 13.7. The first-order valence-corrected chi connectivity index (χ1v) is 10.9. The number of H-pyrrole nitrogens is 1. The molecule has 1 aliphatic rings. The molecule has 2 aromatic carbocycles. The number of aromatic nitrogens is 3. The first-order valence-electron chi connectivity index (χ1n) is 10.9. The standard InChI is InChI=1S/C25H24FN3O3/c1-14(25(30)31)10-22-19-12-21-17(13-27-29-21)11-20(19)23(15-2-4-18(26)5-3-15)24(28-22)16-6-8-32-9-7-16/h2-5,11-14,16H,6-10H2,1H3,(H,27,29)(H,30,31)/t14-/m1/s1. The lowest BCUT2D eigenvalue weighted by atomic mass is 9.85. The van der Waals surface area contributed by atoms with Crippen LogP contribution in [0.15, 0.2) is 42.6 Å².